The van der Waals surface area contributed by atoms with Crippen LogP contribution in [0.25, 0.3) is 4.91 Å². The van der Waals surface area contributed by atoms with Crippen LogP contribution in [-0.4, -0.2) is 17.1 Å². The van der Waals surface area contributed by atoms with Crippen LogP contribution in [-0.2, 0) is 0 Å². The van der Waals surface area contributed by atoms with Crippen molar-refractivity contribution in [1.82, 2.24) is 0 Å². The zero-order chi connectivity index (χ0) is 16.5. The SMILES string of the molecule is COc1ccc(C2=NC3=S(S2)SC(c2ccccc2)=C3C#N)cc1. The van der Waals surface area contributed by atoms with Crippen LogP contribution in [0.5, 0.6) is 5.75 Å². The minimum absolute atomic E-state index is 0.148. The van der Waals surface area contributed by atoms with E-state index in [2.05, 4.69) is 6.07 Å². The van der Waals surface area contributed by atoms with E-state index < -0.39 is 0 Å². The molecule has 0 saturated heterocycles. The van der Waals surface area contributed by atoms with Crippen LogP contribution < -0.4 is 4.74 Å². The molecule has 118 valence electrons. The average Bonchev–Trinajstić information content (AvgIpc) is 3.20. The van der Waals surface area contributed by atoms with E-state index in [1.165, 1.54) is 0 Å². The highest BCUT2D eigenvalue weighted by atomic mass is 33.5. The van der Waals surface area contributed by atoms with Gasteiger partial charge in [0.25, 0.3) is 0 Å². The van der Waals surface area contributed by atoms with Gasteiger partial charge >= 0.3 is 0 Å². The van der Waals surface area contributed by atoms with Gasteiger partial charge in [-0.3, -0.25) is 0 Å². The fraction of sp³-hybridized carbons (Fsp3) is 0.0556. The molecule has 0 spiro atoms. The van der Waals surface area contributed by atoms with Crippen LogP contribution in [0, 0.1) is 11.3 Å². The van der Waals surface area contributed by atoms with Crippen LogP contribution >= 0.6 is 30.1 Å². The van der Waals surface area contributed by atoms with E-state index in [4.69, 9.17) is 9.73 Å². The molecule has 1 atom stereocenters. The second-order valence-electron chi connectivity index (χ2n) is 5.03. The predicted octanol–water partition coefficient (Wildman–Crippen LogP) is 5.10. The Morgan fingerprint density at radius 2 is 1.75 bits per heavy atom. The van der Waals surface area contributed by atoms with Gasteiger partial charge in [0.2, 0.25) is 0 Å². The lowest BCUT2D eigenvalue weighted by molar-refractivity contribution is 0.415. The molecule has 4 rings (SSSR count). The molecule has 0 aliphatic carbocycles. The van der Waals surface area contributed by atoms with Crippen LogP contribution in [0.1, 0.15) is 11.1 Å². The molecule has 0 saturated carbocycles. The highest BCUT2D eigenvalue weighted by Gasteiger charge is 2.32. The minimum atomic E-state index is -0.148. The summed E-state index contributed by atoms with van der Waals surface area (Å²) < 4.78 is 5.20. The normalized spacial score (nSPS) is 19.1. The molecule has 0 N–H and O–H groups in total. The van der Waals surface area contributed by atoms with Crippen LogP contribution in [0.4, 0.5) is 0 Å². The second kappa shape index (κ2) is 6.52. The van der Waals surface area contributed by atoms with Gasteiger partial charge in [0.15, 0.2) is 0 Å². The number of nitrogens with zero attached hydrogens (tertiary/aromatic N) is 2. The van der Waals surface area contributed by atoms with Crippen molar-refractivity contribution in [1.29, 1.82) is 5.26 Å². The van der Waals surface area contributed by atoms with Gasteiger partial charge in [-0.05, 0) is 60.0 Å². The van der Waals surface area contributed by atoms with Gasteiger partial charge in [-0.15, -0.1) is 0 Å². The molecule has 24 heavy (non-hydrogen) atoms. The Morgan fingerprint density at radius 3 is 2.42 bits per heavy atom. The van der Waals surface area contributed by atoms with E-state index in [-0.39, 0.29) is 8.55 Å². The lowest BCUT2D eigenvalue weighted by Crippen LogP contribution is -1.98. The molecular weight excluding hydrogens is 356 g/mol. The first-order chi connectivity index (χ1) is 11.8. The smallest absolute Gasteiger partial charge is 0.127 e. The summed E-state index contributed by atoms with van der Waals surface area (Å²) in [6, 6.07) is 20.3. The van der Waals surface area contributed by atoms with E-state index >= 15 is 0 Å². The number of hydrogen-bond acceptors (Lipinski definition) is 5. The number of nitriles is 1. The number of rotatable bonds is 3. The minimum Gasteiger partial charge on any atom is -0.497 e. The molecule has 0 radical (unpaired) electrons. The maximum atomic E-state index is 9.64. The molecule has 2 heterocycles. The summed E-state index contributed by atoms with van der Waals surface area (Å²) >= 11 is 0. The first kappa shape index (κ1) is 15.6. The Morgan fingerprint density at radius 1 is 1.00 bits per heavy atom. The molecule has 0 bridgehead atoms. The third-order valence-corrected chi connectivity index (χ3v) is 9.66. The third kappa shape index (κ3) is 2.69. The first-order valence-electron chi connectivity index (χ1n) is 7.21. The van der Waals surface area contributed by atoms with Gasteiger partial charge in [0, 0.05) is 10.5 Å². The number of hydrogen-bond donors (Lipinski definition) is 0. The Bertz CT molecular complexity index is 938. The van der Waals surface area contributed by atoms with E-state index in [0.717, 1.165) is 31.8 Å². The Hall–Kier alpha value is -1.94. The van der Waals surface area contributed by atoms with Gasteiger partial charge in [-0.2, -0.15) is 5.26 Å². The quantitative estimate of drug-likeness (QED) is 0.558. The average molecular weight is 369 g/mol. The standard InChI is InChI=1S/C18H12N2OS3/c1-21-14-9-7-13(8-10-14)17-20-18-15(11-19)16(22-24(18)23-17)12-5-3-2-4-6-12/h2-10H,1H3. The van der Waals surface area contributed by atoms with Crippen molar-refractivity contribution >= 4 is 45.1 Å². The molecule has 2 aliphatic heterocycles. The van der Waals surface area contributed by atoms with Crippen molar-refractivity contribution in [3.63, 3.8) is 0 Å². The number of benzene rings is 2. The second-order valence-corrected chi connectivity index (χ2v) is 10.7. The largest absolute Gasteiger partial charge is 0.497 e. The number of ether oxygens (including phenoxy) is 1. The zero-order valence-corrected chi connectivity index (χ0v) is 15.2. The monoisotopic (exact) mass is 368 g/mol. The molecule has 2 aromatic carbocycles. The third-order valence-electron chi connectivity index (χ3n) is 3.60. The molecule has 2 aromatic rings. The molecule has 0 fully saturated rings. The van der Waals surface area contributed by atoms with Crippen LogP contribution in [0.15, 0.2) is 65.2 Å². The van der Waals surface area contributed by atoms with Gasteiger partial charge in [0.05, 0.1) is 7.11 Å². The van der Waals surface area contributed by atoms with Crippen molar-refractivity contribution in [2.45, 2.75) is 0 Å². The van der Waals surface area contributed by atoms with E-state index in [1.54, 1.807) is 28.7 Å². The highest BCUT2D eigenvalue weighted by Crippen LogP contribution is 2.61. The van der Waals surface area contributed by atoms with Crippen molar-refractivity contribution in [2.75, 3.05) is 7.11 Å². The Kier molecular flexibility index (Phi) is 4.23. The van der Waals surface area contributed by atoms with Crippen molar-refractivity contribution < 1.29 is 4.74 Å². The highest BCUT2D eigenvalue weighted by molar-refractivity contribution is 9.20. The van der Waals surface area contributed by atoms with Crippen molar-refractivity contribution in [3.05, 3.63) is 71.3 Å². The molecule has 1 unspecified atom stereocenters. The maximum Gasteiger partial charge on any atom is 0.127 e. The summed E-state index contributed by atoms with van der Waals surface area (Å²) in [5.41, 5.74) is 2.87. The summed E-state index contributed by atoms with van der Waals surface area (Å²) in [6.45, 7) is 0. The molecule has 2 aliphatic rings. The van der Waals surface area contributed by atoms with E-state index in [0.29, 0.717) is 5.57 Å². The molecule has 6 heteroatoms. The number of methoxy groups -OCH3 is 1. The maximum absolute atomic E-state index is 9.64. The summed E-state index contributed by atoms with van der Waals surface area (Å²) in [5, 5.41) is 10.6. The summed E-state index contributed by atoms with van der Waals surface area (Å²) in [6.07, 6.45) is 0. The molecule has 3 nitrogen and oxygen atoms in total. The predicted molar refractivity (Wildman–Crippen MR) is 106 cm³/mol. The number of aliphatic imine (C=N–C) groups is 1. The summed E-state index contributed by atoms with van der Waals surface area (Å²) in [7, 11) is 4.99. The topological polar surface area (TPSA) is 45.4 Å². The molecule has 0 amide bonds. The van der Waals surface area contributed by atoms with Gasteiger partial charge < -0.3 is 4.74 Å². The Balaban J connectivity index is 1.68. The summed E-state index contributed by atoms with van der Waals surface area (Å²) in [5.74, 6) is 0.830. The molecule has 0 aromatic heterocycles. The molecular formula is C18H12N2OS3. The van der Waals surface area contributed by atoms with Gasteiger partial charge in [-0.1, -0.05) is 30.3 Å². The Labute approximate surface area is 150 Å². The zero-order valence-electron chi connectivity index (χ0n) is 12.7. The van der Waals surface area contributed by atoms with E-state index in [9.17, 15) is 5.26 Å². The van der Waals surface area contributed by atoms with Gasteiger partial charge in [-0.25, -0.2) is 4.99 Å². The lowest BCUT2D eigenvalue weighted by Gasteiger charge is -2.07. The van der Waals surface area contributed by atoms with Crippen LogP contribution in [0.2, 0.25) is 0 Å². The van der Waals surface area contributed by atoms with Crippen molar-refractivity contribution in [2.24, 2.45) is 4.99 Å². The fourth-order valence-corrected chi connectivity index (χ4v) is 8.93. The van der Waals surface area contributed by atoms with Crippen LogP contribution in [0.3, 0.4) is 0 Å². The van der Waals surface area contributed by atoms with Crippen molar-refractivity contribution in [3.8, 4) is 11.8 Å². The first-order valence-corrected chi connectivity index (χ1v) is 11.1. The fourth-order valence-electron chi connectivity index (χ4n) is 2.40. The van der Waals surface area contributed by atoms with E-state index in [1.807, 2.05) is 54.6 Å². The summed E-state index contributed by atoms with van der Waals surface area (Å²) in [4.78, 5) is 6.73. The van der Waals surface area contributed by atoms with Gasteiger partial charge in [0.1, 0.15) is 27.4 Å². The lowest BCUT2D eigenvalue weighted by atomic mass is 10.1.